The van der Waals surface area contributed by atoms with Gasteiger partial charge in [0.15, 0.2) is 0 Å². The fraction of sp³-hybridized carbons (Fsp3) is 0.867. The van der Waals surface area contributed by atoms with Gasteiger partial charge in [0.1, 0.15) is 0 Å². The van der Waals surface area contributed by atoms with Gasteiger partial charge in [-0.2, -0.15) is 0 Å². The molecule has 1 aliphatic rings. The number of nitrogens with one attached hydrogen (secondary N) is 1. The van der Waals surface area contributed by atoms with Gasteiger partial charge in [-0.3, -0.25) is 9.59 Å². The number of carboxylic acid groups (broad SMARTS) is 1. The summed E-state index contributed by atoms with van der Waals surface area (Å²) in [7, 11) is 0. The summed E-state index contributed by atoms with van der Waals surface area (Å²) in [5, 5.41) is 11.7. The minimum absolute atomic E-state index is 0.0387. The number of aliphatic carboxylic acids is 1. The van der Waals surface area contributed by atoms with Crippen LogP contribution in [0.2, 0.25) is 0 Å². The predicted molar refractivity (Wildman–Crippen MR) is 78.2 cm³/mol. The minimum Gasteiger partial charge on any atom is -0.481 e. The highest BCUT2D eigenvalue weighted by molar-refractivity contribution is 5.86. The monoisotopic (exact) mass is 284 g/mol. The highest BCUT2D eigenvalue weighted by Crippen LogP contribution is 2.32. The number of hydrogen-bond acceptors (Lipinski definition) is 3. The average Bonchev–Trinajstić information content (AvgIpc) is 2.28. The van der Waals surface area contributed by atoms with Crippen molar-refractivity contribution in [2.45, 2.75) is 64.8 Å². The Morgan fingerprint density at radius 3 is 2.30 bits per heavy atom. The SMILES string of the molecule is CC(C)(C)C(CCNC(=O)C1(N)CCC1)CCC(=O)O. The number of amides is 1. The molecule has 0 aromatic heterocycles. The molecule has 1 saturated carbocycles. The summed E-state index contributed by atoms with van der Waals surface area (Å²) < 4.78 is 0. The Hall–Kier alpha value is -1.10. The molecular formula is C15H28N2O3. The zero-order valence-electron chi connectivity index (χ0n) is 12.9. The van der Waals surface area contributed by atoms with Crippen molar-refractivity contribution in [3.05, 3.63) is 0 Å². The number of carbonyl (C=O) groups is 2. The number of hydrogen-bond donors (Lipinski definition) is 3. The van der Waals surface area contributed by atoms with Gasteiger partial charge in [-0.15, -0.1) is 0 Å². The second kappa shape index (κ2) is 6.57. The summed E-state index contributed by atoms with van der Waals surface area (Å²) in [5.41, 5.74) is 5.34. The van der Waals surface area contributed by atoms with Crippen LogP contribution >= 0.6 is 0 Å². The number of carbonyl (C=O) groups excluding carboxylic acids is 1. The van der Waals surface area contributed by atoms with Gasteiger partial charge in [0.2, 0.25) is 5.91 Å². The van der Waals surface area contributed by atoms with Gasteiger partial charge in [-0.05, 0) is 43.4 Å². The molecule has 0 radical (unpaired) electrons. The summed E-state index contributed by atoms with van der Waals surface area (Å²) in [6.45, 7) is 6.90. The van der Waals surface area contributed by atoms with E-state index in [2.05, 4.69) is 26.1 Å². The minimum atomic E-state index is -0.765. The van der Waals surface area contributed by atoms with Gasteiger partial charge >= 0.3 is 5.97 Å². The first-order chi connectivity index (χ1) is 9.15. The zero-order valence-corrected chi connectivity index (χ0v) is 12.9. The van der Waals surface area contributed by atoms with Crippen molar-refractivity contribution in [2.75, 3.05) is 6.54 Å². The second-order valence-electron chi connectivity index (χ2n) is 7.05. The molecule has 0 aromatic carbocycles. The smallest absolute Gasteiger partial charge is 0.303 e. The van der Waals surface area contributed by atoms with E-state index in [0.29, 0.717) is 13.0 Å². The summed E-state index contributed by atoms with van der Waals surface area (Å²) in [4.78, 5) is 22.6. The van der Waals surface area contributed by atoms with Crippen LogP contribution in [-0.2, 0) is 9.59 Å². The molecule has 4 N–H and O–H groups in total. The Morgan fingerprint density at radius 1 is 1.30 bits per heavy atom. The van der Waals surface area contributed by atoms with Gasteiger partial charge < -0.3 is 16.2 Å². The molecule has 5 heteroatoms. The van der Waals surface area contributed by atoms with Crippen LogP contribution in [0, 0.1) is 11.3 Å². The second-order valence-corrected chi connectivity index (χ2v) is 7.05. The topological polar surface area (TPSA) is 92.4 Å². The third kappa shape index (κ3) is 4.78. The summed E-state index contributed by atoms with van der Waals surface area (Å²) >= 11 is 0. The molecule has 0 saturated heterocycles. The predicted octanol–water partition coefficient (Wildman–Crippen LogP) is 1.90. The summed E-state index contributed by atoms with van der Waals surface area (Å²) in [6, 6.07) is 0. The standard InChI is InChI=1S/C15H28N2O3/c1-14(2,3)11(5-6-12(18)19)7-10-17-13(20)15(16)8-4-9-15/h11H,4-10,16H2,1-3H3,(H,17,20)(H,18,19). The Labute approximate surface area is 121 Å². The van der Waals surface area contributed by atoms with Crippen LogP contribution in [0.4, 0.5) is 0 Å². The molecule has 0 aromatic rings. The molecule has 1 atom stereocenters. The molecule has 0 heterocycles. The molecule has 1 aliphatic carbocycles. The fourth-order valence-corrected chi connectivity index (χ4v) is 2.63. The molecule has 5 nitrogen and oxygen atoms in total. The van der Waals surface area contributed by atoms with Gasteiger partial charge in [0, 0.05) is 13.0 Å². The largest absolute Gasteiger partial charge is 0.481 e. The number of rotatable bonds is 7. The van der Waals surface area contributed by atoms with Gasteiger partial charge in [0.05, 0.1) is 5.54 Å². The van der Waals surface area contributed by atoms with Crippen LogP contribution in [-0.4, -0.2) is 29.1 Å². The molecular weight excluding hydrogens is 256 g/mol. The van der Waals surface area contributed by atoms with E-state index >= 15 is 0 Å². The van der Waals surface area contributed by atoms with Crippen molar-refractivity contribution in [1.82, 2.24) is 5.32 Å². The molecule has 0 bridgehead atoms. The van der Waals surface area contributed by atoms with Crippen LogP contribution in [0.15, 0.2) is 0 Å². The van der Waals surface area contributed by atoms with Gasteiger partial charge in [0.25, 0.3) is 0 Å². The van der Waals surface area contributed by atoms with Crippen molar-refractivity contribution < 1.29 is 14.7 Å². The average molecular weight is 284 g/mol. The zero-order chi connectivity index (χ0) is 15.4. The summed E-state index contributed by atoms with van der Waals surface area (Å²) in [6.07, 6.45) is 4.16. The van der Waals surface area contributed by atoms with E-state index in [1.807, 2.05) is 0 Å². The van der Waals surface area contributed by atoms with Crippen molar-refractivity contribution in [2.24, 2.45) is 17.1 Å². The first kappa shape index (κ1) is 17.0. The van der Waals surface area contributed by atoms with E-state index in [9.17, 15) is 9.59 Å². The van der Waals surface area contributed by atoms with Crippen LogP contribution in [0.3, 0.4) is 0 Å². The quantitative estimate of drug-likeness (QED) is 0.665. The Kier molecular flexibility index (Phi) is 5.57. The fourth-order valence-electron chi connectivity index (χ4n) is 2.63. The van der Waals surface area contributed by atoms with Crippen LogP contribution in [0.5, 0.6) is 0 Å². The van der Waals surface area contributed by atoms with E-state index in [-0.39, 0.29) is 23.7 Å². The lowest BCUT2D eigenvalue weighted by Gasteiger charge is -2.36. The lowest BCUT2D eigenvalue weighted by molar-refractivity contribution is -0.137. The Bertz CT molecular complexity index is 357. The molecule has 116 valence electrons. The molecule has 1 amide bonds. The molecule has 0 spiro atoms. The van der Waals surface area contributed by atoms with Crippen molar-refractivity contribution in [3.63, 3.8) is 0 Å². The van der Waals surface area contributed by atoms with E-state index in [0.717, 1.165) is 25.7 Å². The lowest BCUT2D eigenvalue weighted by Crippen LogP contribution is -2.58. The third-order valence-electron chi connectivity index (χ3n) is 4.41. The highest BCUT2D eigenvalue weighted by atomic mass is 16.4. The highest BCUT2D eigenvalue weighted by Gasteiger charge is 2.39. The van der Waals surface area contributed by atoms with Crippen LogP contribution in [0.1, 0.15) is 59.3 Å². The van der Waals surface area contributed by atoms with Crippen LogP contribution in [0.25, 0.3) is 0 Å². The first-order valence-electron chi connectivity index (χ1n) is 7.44. The molecule has 1 fully saturated rings. The normalized spacial score (nSPS) is 19.0. The van der Waals surface area contributed by atoms with Gasteiger partial charge in [-0.1, -0.05) is 20.8 Å². The van der Waals surface area contributed by atoms with E-state index in [1.54, 1.807) is 0 Å². The first-order valence-corrected chi connectivity index (χ1v) is 7.44. The van der Waals surface area contributed by atoms with E-state index in [1.165, 1.54) is 0 Å². The molecule has 20 heavy (non-hydrogen) atoms. The number of nitrogens with two attached hydrogens (primary N) is 1. The third-order valence-corrected chi connectivity index (χ3v) is 4.41. The van der Waals surface area contributed by atoms with E-state index in [4.69, 9.17) is 10.8 Å². The Morgan fingerprint density at radius 2 is 1.90 bits per heavy atom. The number of carboxylic acids is 1. The van der Waals surface area contributed by atoms with Crippen molar-refractivity contribution >= 4 is 11.9 Å². The lowest BCUT2D eigenvalue weighted by atomic mass is 9.75. The van der Waals surface area contributed by atoms with Crippen molar-refractivity contribution in [3.8, 4) is 0 Å². The van der Waals surface area contributed by atoms with Gasteiger partial charge in [-0.25, -0.2) is 0 Å². The molecule has 1 rings (SSSR count). The maximum absolute atomic E-state index is 11.9. The maximum atomic E-state index is 11.9. The molecule has 0 aliphatic heterocycles. The van der Waals surface area contributed by atoms with Crippen molar-refractivity contribution in [1.29, 1.82) is 0 Å². The Balaban J connectivity index is 2.38. The molecule has 1 unspecified atom stereocenters. The van der Waals surface area contributed by atoms with Crippen LogP contribution < -0.4 is 11.1 Å². The summed E-state index contributed by atoms with van der Waals surface area (Å²) in [5.74, 6) is -0.553. The van der Waals surface area contributed by atoms with E-state index < -0.39 is 11.5 Å². The maximum Gasteiger partial charge on any atom is 0.303 e.